The van der Waals surface area contributed by atoms with E-state index in [1.54, 1.807) is 0 Å². The van der Waals surface area contributed by atoms with Crippen LogP contribution in [0.1, 0.15) is 0 Å². The van der Waals surface area contributed by atoms with Gasteiger partial charge in [0.1, 0.15) is 0 Å². The SMILES string of the molecule is COC(=O)C(=CSCl)C(=O)OC. The lowest BCUT2D eigenvalue weighted by Crippen LogP contribution is -2.15. The third kappa shape index (κ3) is 3.15. The Hall–Kier alpha value is -0.680. The van der Waals surface area contributed by atoms with E-state index in [2.05, 4.69) is 9.47 Å². The highest BCUT2D eigenvalue weighted by Crippen LogP contribution is 2.13. The van der Waals surface area contributed by atoms with Gasteiger partial charge < -0.3 is 9.47 Å². The predicted molar refractivity (Wildman–Crippen MR) is 45.6 cm³/mol. The van der Waals surface area contributed by atoms with E-state index in [0.717, 1.165) is 19.6 Å². The van der Waals surface area contributed by atoms with Crippen LogP contribution in [0, 0.1) is 0 Å². The monoisotopic (exact) mass is 210 g/mol. The molecule has 0 aliphatic heterocycles. The molecule has 6 heteroatoms. The van der Waals surface area contributed by atoms with Crippen LogP contribution in [-0.2, 0) is 19.1 Å². The molecule has 68 valence electrons. The first-order valence-electron chi connectivity index (χ1n) is 2.81. The van der Waals surface area contributed by atoms with E-state index in [-0.39, 0.29) is 5.57 Å². The van der Waals surface area contributed by atoms with Gasteiger partial charge in [-0.1, -0.05) is 0 Å². The Morgan fingerprint density at radius 2 is 1.67 bits per heavy atom. The lowest BCUT2D eigenvalue weighted by Gasteiger charge is -2.00. The zero-order valence-corrected chi connectivity index (χ0v) is 8.07. The second-order valence-corrected chi connectivity index (χ2v) is 2.55. The van der Waals surface area contributed by atoms with Crippen LogP contribution in [0.2, 0.25) is 0 Å². The number of carbonyl (C=O) groups is 2. The van der Waals surface area contributed by atoms with Crippen molar-refractivity contribution in [1.82, 2.24) is 0 Å². The molecule has 0 saturated carbocycles. The van der Waals surface area contributed by atoms with Crippen LogP contribution < -0.4 is 0 Å². The smallest absolute Gasteiger partial charge is 0.345 e. The molecule has 0 aliphatic carbocycles. The van der Waals surface area contributed by atoms with Crippen molar-refractivity contribution in [2.75, 3.05) is 14.2 Å². The summed E-state index contributed by atoms with van der Waals surface area (Å²) < 4.78 is 8.62. The van der Waals surface area contributed by atoms with Crippen molar-refractivity contribution in [1.29, 1.82) is 0 Å². The Kier molecular flexibility index (Phi) is 5.57. The van der Waals surface area contributed by atoms with Crippen LogP contribution in [0.25, 0.3) is 0 Å². The first kappa shape index (κ1) is 11.3. The molecule has 0 saturated heterocycles. The number of esters is 2. The van der Waals surface area contributed by atoms with Crippen molar-refractivity contribution in [2.45, 2.75) is 0 Å². The zero-order valence-electron chi connectivity index (χ0n) is 6.50. The molecule has 0 atom stereocenters. The Labute approximate surface area is 78.4 Å². The Morgan fingerprint density at radius 3 is 1.92 bits per heavy atom. The minimum Gasteiger partial charge on any atom is -0.465 e. The molecule has 0 radical (unpaired) electrons. The van der Waals surface area contributed by atoms with Crippen LogP contribution >= 0.6 is 21.7 Å². The number of ether oxygens (including phenoxy) is 2. The van der Waals surface area contributed by atoms with E-state index < -0.39 is 11.9 Å². The van der Waals surface area contributed by atoms with Gasteiger partial charge >= 0.3 is 11.9 Å². The molecule has 0 heterocycles. The van der Waals surface area contributed by atoms with Gasteiger partial charge in [0.15, 0.2) is 5.57 Å². The largest absolute Gasteiger partial charge is 0.465 e. The average Bonchev–Trinajstić information content (AvgIpc) is 2.11. The first-order valence-corrected chi connectivity index (χ1v) is 4.52. The Morgan fingerprint density at radius 1 is 1.25 bits per heavy atom. The Bertz CT molecular complexity index is 196. The van der Waals surface area contributed by atoms with E-state index in [4.69, 9.17) is 10.7 Å². The van der Waals surface area contributed by atoms with Crippen LogP contribution in [0.4, 0.5) is 0 Å². The minimum atomic E-state index is -0.769. The fourth-order valence-electron chi connectivity index (χ4n) is 0.444. The third-order valence-electron chi connectivity index (χ3n) is 0.973. The van der Waals surface area contributed by atoms with Crippen LogP contribution in [-0.4, -0.2) is 26.2 Å². The van der Waals surface area contributed by atoms with Gasteiger partial charge in [0.05, 0.1) is 14.2 Å². The summed E-state index contributed by atoms with van der Waals surface area (Å²) >= 11 is 0. The van der Waals surface area contributed by atoms with Crippen LogP contribution in [0.5, 0.6) is 0 Å². The van der Waals surface area contributed by atoms with Crippen molar-refractivity contribution in [3.63, 3.8) is 0 Å². The molecule has 0 rings (SSSR count). The van der Waals surface area contributed by atoms with Gasteiger partial charge in [-0.2, -0.15) is 0 Å². The lowest BCUT2D eigenvalue weighted by molar-refractivity contribution is -0.144. The normalized spacial score (nSPS) is 8.58. The summed E-state index contributed by atoms with van der Waals surface area (Å²) in [6.45, 7) is 0. The maximum Gasteiger partial charge on any atom is 0.345 e. The number of methoxy groups -OCH3 is 2. The second-order valence-electron chi connectivity index (χ2n) is 1.60. The topological polar surface area (TPSA) is 52.6 Å². The van der Waals surface area contributed by atoms with Crippen LogP contribution in [0.15, 0.2) is 11.0 Å². The number of carbonyl (C=O) groups excluding carboxylic acids is 2. The van der Waals surface area contributed by atoms with Gasteiger partial charge in [-0.05, 0) is 21.7 Å². The third-order valence-corrected chi connectivity index (χ3v) is 1.57. The first-order chi connectivity index (χ1) is 5.67. The predicted octanol–water partition coefficient (Wildman–Crippen LogP) is 1.10. The molecule has 0 unspecified atom stereocenters. The highest BCUT2D eigenvalue weighted by molar-refractivity contribution is 8.23. The van der Waals surface area contributed by atoms with Gasteiger partial charge in [-0.25, -0.2) is 9.59 Å². The van der Waals surface area contributed by atoms with Crippen LogP contribution in [0.3, 0.4) is 0 Å². The highest BCUT2D eigenvalue weighted by atomic mass is 35.7. The second kappa shape index (κ2) is 5.91. The zero-order chi connectivity index (χ0) is 9.56. The fraction of sp³-hybridized carbons (Fsp3) is 0.333. The van der Waals surface area contributed by atoms with E-state index in [1.807, 2.05) is 0 Å². The molecule has 0 amide bonds. The maximum absolute atomic E-state index is 10.8. The Balaban J connectivity index is 4.55. The summed E-state index contributed by atoms with van der Waals surface area (Å²) in [5.41, 5.74) is -0.222. The lowest BCUT2D eigenvalue weighted by atomic mass is 10.3. The molecule has 0 aromatic rings. The highest BCUT2D eigenvalue weighted by Gasteiger charge is 2.18. The molecule has 4 nitrogen and oxygen atoms in total. The molecule has 0 aromatic heterocycles. The van der Waals surface area contributed by atoms with Gasteiger partial charge in [-0.15, -0.1) is 0 Å². The number of hydrogen-bond acceptors (Lipinski definition) is 5. The van der Waals surface area contributed by atoms with Crippen molar-refractivity contribution < 1.29 is 19.1 Å². The van der Waals surface area contributed by atoms with E-state index in [1.165, 1.54) is 0 Å². The van der Waals surface area contributed by atoms with Crippen molar-refractivity contribution in [2.24, 2.45) is 0 Å². The quantitative estimate of drug-likeness (QED) is 0.302. The standard InChI is InChI=1S/C6H7ClO4S/c1-10-5(8)4(3-12-7)6(9)11-2/h3H,1-2H3. The summed E-state index contributed by atoms with van der Waals surface area (Å²) in [5.74, 6) is -1.54. The minimum absolute atomic E-state index is 0.222. The molecule has 0 N–H and O–H groups in total. The molecular weight excluding hydrogens is 204 g/mol. The molecule has 0 spiro atoms. The van der Waals surface area contributed by atoms with Gasteiger partial charge in [0.2, 0.25) is 0 Å². The summed E-state index contributed by atoms with van der Waals surface area (Å²) in [6.07, 6.45) is 0. The van der Waals surface area contributed by atoms with Gasteiger partial charge in [0, 0.05) is 5.41 Å². The molecule has 0 aromatic carbocycles. The fourth-order valence-corrected chi connectivity index (χ4v) is 0.993. The molecule has 12 heavy (non-hydrogen) atoms. The number of rotatable bonds is 3. The van der Waals surface area contributed by atoms with Crippen molar-refractivity contribution in [3.05, 3.63) is 11.0 Å². The maximum atomic E-state index is 10.8. The molecule has 0 aliphatic rings. The van der Waals surface area contributed by atoms with E-state index >= 15 is 0 Å². The average molecular weight is 211 g/mol. The molecular formula is C6H7ClO4S. The number of halogens is 1. The van der Waals surface area contributed by atoms with Gasteiger partial charge in [-0.3, -0.25) is 0 Å². The van der Waals surface area contributed by atoms with Gasteiger partial charge in [0.25, 0.3) is 0 Å². The summed E-state index contributed by atoms with van der Waals surface area (Å²) in [4.78, 5) is 21.7. The summed E-state index contributed by atoms with van der Waals surface area (Å²) in [6, 6.07) is 0. The molecule has 0 bridgehead atoms. The van der Waals surface area contributed by atoms with E-state index in [9.17, 15) is 9.59 Å². The van der Waals surface area contributed by atoms with E-state index in [0.29, 0.717) is 11.0 Å². The molecule has 0 fully saturated rings. The summed E-state index contributed by atoms with van der Waals surface area (Å²) in [7, 11) is 8.26. The summed E-state index contributed by atoms with van der Waals surface area (Å²) in [5, 5.41) is 1.15. The van der Waals surface area contributed by atoms with Crippen molar-refractivity contribution in [3.8, 4) is 0 Å². The number of hydrogen-bond donors (Lipinski definition) is 0. The van der Waals surface area contributed by atoms with Crippen molar-refractivity contribution >= 4 is 33.6 Å².